The molecule has 3 aromatic heterocycles. The van der Waals surface area contributed by atoms with Crippen LogP contribution in [0, 0.1) is 0 Å². The standard InChI is InChI=1S/C25H20N6O5/c1-35-16-5-3-14-12-31(22(32)17(14)10-16)13-25(23(33)29-24(34)30-25)20-11-18-19(36-20)6-4-15(28-18)9-21-26-7-2-8-27-21/h2-8,10-11H,9,12-13H2,1H3,(H2,29,30,33,34)/t25-/m0/s1. The van der Waals surface area contributed by atoms with Crippen LogP contribution in [0.4, 0.5) is 4.79 Å². The molecule has 0 unspecified atom stereocenters. The van der Waals surface area contributed by atoms with E-state index in [1.165, 1.54) is 12.0 Å². The second kappa shape index (κ2) is 8.15. The minimum atomic E-state index is -1.61. The van der Waals surface area contributed by atoms with E-state index in [1.54, 1.807) is 48.8 Å². The van der Waals surface area contributed by atoms with E-state index in [9.17, 15) is 14.4 Å². The van der Waals surface area contributed by atoms with Crippen LogP contribution in [0.25, 0.3) is 11.1 Å². The number of rotatable bonds is 6. The molecule has 6 rings (SSSR count). The normalized spacial score (nSPS) is 18.9. The average molecular weight is 484 g/mol. The van der Waals surface area contributed by atoms with Crippen molar-refractivity contribution in [3.05, 3.63) is 83.3 Å². The van der Waals surface area contributed by atoms with Gasteiger partial charge in [-0.05, 0) is 35.9 Å². The predicted octanol–water partition coefficient (Wildman–Crippen LogP) is 1.91. The van der Waals surface area contributed by atoms with Gasteiger partial charge < -0.3 is 19.4 Å². The highest BCUT2D eigenvalue weighted by molar-refractivity contribution is 6.08. The Morgan fingerprint density at radius 3 is 2.69 bits per heavy atom. The van der Waals surface area contributed by atoms with E-state index < -0.39 is 17.5 Å². The summed E-state index contributed by atoms with van der Waals surface area (Å²) in [5.41, 5.74) is 1.36. The number of ether oxygens (including phenoxy) is 1. The van der Waals surface area contributed by atoms with Gasteiger partial charge in [0.1, 0.15) is 22.9 Å². The number of pyridine rings is 1. The smallest absolute Gasteiger partial charge is 0.322 e. The summed E-state index contributed by atoms with van der Waals surface area (Å²) in [5.74, 6) is 0.492. The molecular weight excluding hydrogens is 464 g/mol. The van der Waals surface area contributed by atoms with Gasteiger partial charge in [0, 0.05) is 36.3 Å². The zero-order valence-corrected chi connectivity index (χ0v) is 19.1. The Hall–Kier alpha value is -4.80. The SMILES string of the molecule is COc1ccc2c(c1)C(=O)N(C[C@@]1(c3cc4nc(Cc5ncccn5)ccc4o3)NC(=O)NC1=O)C2. The number of aromatic nitrogens is 3. The van der Waals surface area contributed by atoms with Crippen molar-refractivity contribution in [1.82, 2.24) is 30.5 Å². The number of carbonyl (C=O) groups excluding carboxylic acids is 3. The first-order valence-corrected chi connectivity index (χ1v) is 11.2. The average Bonchev–Trinajstić information content (AvgIpc) is 3.53. The Labute approximate surface area is 204 Å². The third kappa shape index (κ3) is 3.52. The first-order valence-electron chi connectivity index (χ1n) is 11.2. The van der Waals surface area contributed by atoms with Crippen LogP contribution >= 0.6 is 0 Å². The van der Waals surface area contributed by atoms with Gasteiger partial charge in [0.2, 0.25) is 0 Å². The molecule has 1 aromatic carbocycles. The van der Waals surface area contributed by atoms with Crippen molar-refractivity contribution in [3.8, 4) is 5.75 Å². The Kier molecular flexibility index (Phi) is 4.92. The summed E-state index contributed by atoms with van der Waals surface area (Å²) in [4.78, 5) is 53.1. The molecule has 0 aliphatic carbocycles. The third-order valence-electron chi connectivity index (χ3n) is 6.38. The van der Waals surface area contributed by atoms with Crippen LogP contribution in [0.1, 0.15) is 33.2 Å². The Morgan fingerprint density at radius 1 is 1.11 bits per heavy atom. The Bertz CT molecular complexity index is 1530. The van der Waals surface area contributed by atoms with Crippen LogP contribution in [-0.4, -0.2) is 51.4 Å². The predicted molar refractivity (Wildman–Crippen MR) is 125 cm³/mol. The molecule has 4 aromatic rings. The number of methoxy groups -OCH3 is 1. The molecule has 0 saturated carbocycles. The van der Waals surface area contributed by atoms with E-state index in [0.717, 1.165) is 5.56 Å². The molecule has 180 valence electrons. The summed E-state index contributed by atoms with van der Waals surface area (Å²) < 4.78 is 11.2. The fourth-order valence-corrected chi connectivity index (χ4v) is 4.59. The number of furan rings is 1. The maximum atomic E-state index is 13.2. The number of nitrogens with zero attached hydrogens (tertiary/aromatic N) is 4. The van der Waals surface area contributed by atoms with Crippen molar-refractivity contribution in [1.29, 1.82) is 0 Å². The van der Waals surface area contributed by atoms with E-state index >= 15 is 0 Å². The number of amides is 4. The van der Waals surface area contributed by atoms with Gasteiger partial charge in [-0.2, -0.15) is 0 Å². The lowest BCUT2D eigenvalue weighted by Crippen LogP contribution is -2.52. The summed E-state index contributed by atoms with van der Waals surface area (Å²) in [6.45, 7) is 0.160. The van der Waals surface area contributed by atoms with Crippen LogP contribution in [0.3, 0.4) is 0 Å². The molecule has 11 heteroatoms. The molecule has 0 spiro atoms. The minimum Gasteiger partial charge on any atom is -0.497 e. The van der Waals surface area contributed by atoms with Crippen LogP contribution in [0.2, 0.25) is 0 Å². The van der Waals surface area contributed by atoms with Crippen molar-refractivity contribution in [3.63, 3.8) is 0 Å². The van der Waals surface area contributed by atoms with Crippen molar-refractivity contribution in [2.75, 3.05) is 13.7 Å². The molecule has 2 aliphatic rings. The molecule has 1 atom stereocenters. The number of fused-ring (bicyclic) bond motifs is 2. The molecule has 1 saturated heterocycles. The van der Waals surface area contributed by atoms with Crippen molar-refractivity contribution < 1.29 is 23.5 Å². The molecular formula is C25H20N6O5. The van der Waals surface area contributed by atoms with Crippen molar-refractivity contribution >= 4 is 28.9 Å². The molecule has 4 amide bonds. The van der Waals surface area contributed by atoms with Crippen LogP contribution in [0.5, 0.6) is 5.75 Å². The number of hydrogen-bond donors (Lipinski definition) is 2. The van der Waals surface area contributed by atoms with Crippen LogP contribution < -0.4 is 15.4 Å². The number of carbonyl (C=O) groups is 3. The third-order valence-corrected chi connectivity index (χ3v) is 6.38. The highest BCUT2D eigenvalue weighted by Gasteiger charge is 2.53. The summed E-state index contributed by atoms with van der Waals surface area (Å²) in [5, 5.41) is 4.96. The zero-order chi connectivity index (χ0) is 24.9. The van der Waals surface area contributed by atoms with Gasteiger partial charge in [-0.3, -0.25) is 14.9 Å². The van der Waals surface area contributed by atoms with Crippen LogP contribution in [-0.2, 0) is 23.3 Å². The molecule has 5 heterocycles. The second-order valence-corrected chi connectivity index (χ2v) is 8.64. The van der Waals surface area contributed by atoms with Crippen LogP contribution in [0.15, 0.2) is 59.3 Å². The Morgan fingerprint density at radius 2 is 1.94 bits per heavy atom. The fraction of sp³-hybridized carbons (Fsp3) is 0.200. The lowest BCUT2D eigenvalue weighted by Gasteiger charge is -2.28. The number of urea groups is 1. The highest BCUT2D eigenvalue weighted by atomic mass is 16.5. The summed E-state index contributed by atoms with van der Waals surface area (Å²) in [7, 11) is 1.53. The number of imide groups is 1. The summed E-state index contributed by atoms with van der Waals surface area (Å²) >= 11 is 0. The first kappa shape index (κ1) is 21.7. The minimum absolute atomic E-state index is 0.120. The molecule has 2 N–H and O–H groups in total. The maximum absolute atomic E-state index is 13.2. The molecule has 1 fully saturated rings. The molecule has 36 heavy (non-hydrogen) atoms. The summed E-state index contributed by atoms with van der Waals surface area (Å²) in [6.07, 6.45) is 3.75. The number of nitrogens with one attached hydrogen (secondary N) is 2. The van der Waals surface area contributed by atoms with Crippen molar-refractivity contribution in [2.45, 2.75) is 18.5 Å². The van der Waals surface area contributed by atoms with Gasteiger partial charge >= 0.3 is 6.03 Å². The Balaban J connectivity index is 1.34. The quantitative estimate of drug-likeness (QED) is 0.396. The van der Waals surface area contributed by atoms with E-state index in [2.05, 4.69) is 25.6 Å². The summed E-state index contributed by atoms with van der Waals surface area (Å²) in [6, 6.07) is 11.5. The fourth-order valence-electron chi connectivity index (χ4n) is 4.59. The zero-order valence-electron chi connectivity index (χ0n) is 19.1. The molecule has 0 radical (unpaired) electrons. The number of hydrogen-bond acceptors (Lipinski definition) is 8. The molecule has 11 nitrogen and oxygen atoms in total. The molecule has 0 bridgehead atoms. The van der Waals surface area contributed by atoms with Gasteiger partial charge in [0.25, 0.3) is 11.8 Å². The van der Waals surface area contributed by atoms with Gasteiger partial charge in [-0.25, -0.2) is 19.7 Å². The first-order chi connectivity index (χ1) is 17.4. The number of benzene rings is 1. The monoisotopic (exact) mass is 484 g/mol. The lowest BCUT2D eigenvalue weighted by atomic mass is 9.95. The van der Waals surface area contributed by atoms with E-state index in [0.29, 0.717) is 40.4 Å². The molecule has 2 aliphatic heterocycles. The largest absolute Gasteiger partial charge is 0.497 e. The second-order valence-electron chi connectivity index (χ2n) is 8.64. The van der Waals surface area contributed by atoms with Gasteiger partial charge in [-0.15, -0.1) is 0 Å². The topological polar surface area (TPSA) is 140 Å². The van der Waals surface area contributed by atoms with Gasteiger partial charge in [-0.1, -0.05) is 6.07 Å². The van der Waals surface area contributed by atoms with E-state index in [1.807, 2.05) is 6.07 Å². The van der Waals surface area contributed by atoms with E-state index in [-0.39, 0.29) is 24.8 Å². The van der Waals surface area contributed by atoms with Crippen molar-refractivity contribution in [2.24, 2.45) is 0 Å². The lowest BCUT2D eigenvalue weighted by molar-refractivity contribution is -0.125. The van der Waals surface area contributed by atoms with Gasteiger partial charge in [0.15, 0.2) is 11.1 Å². The highest BCUT2D eigenvalue weighted by Crippen LogP contribution is 2.34. The van der Waals surface area contributed by atoms with E-state index in [4.69, 9.17) is 9.15 Å². The maximum Gasteiger partial charge on any atom is 0.322 e. The van der Waals surface area contributed by atoms with Gasteiger partial charge in [0.05, 0.1) is 20.1 Å².